The highest BCUT2D eigenvalue weighted by Gasteiger charge is 2.21. The molecular weight excluding hydrogens is 432 g/mol. The van der Waals surface area contributed by atoms with Crippen LogP contribution in [0, 0.1) is 11.6 Å². The first-order chi connectivity index (χ1) is 15.5. The Balaban J connectivity index is 1.80. The van der Waals surface area contributed by atoms with E-state index in [-0.39, 0.29) is 34.2 Å². The third kappa shape index (κ3) is 3.28. The van der Waals surface area contributed by atoms with E-state index in [4.69, 9.17) is 11.6 Å². The second-order valence-electron chi connectivity index (χ2n) is 7.69. The summed E-state index contributed by atoms with van der Waals surface area (Å²) in [5.41, 5.74) is 2.12. The van der Waals surface area contributed by atoms with Crippen molar-refractivity contribution in [1.29, 1.82) is 0 Å². The third-order valence-corrected chi connectivity index (χ3v) is 6.18. The molecule has 5 rings (SSSR count). The lowest BCUT2D eigenvalue weighted by molar-refractivity contribution is 0.597. The van der Waals surface area contributed by atoms with Gasteiger partial charge in [0, 0.05) is 16.0 Å². The third-order valence-electron chi connectivity index (χ3n) is 5.82. The summed E-state index contributed by atoms with van der Waals surface area (Å²) in [4.78, 5) is 18.2. The Hall–Kier alpha value is -3.51. The van der Waals surface area contributed by atoms with Gasteiger partial charge in [-0.1, -0.05) is 48.0 Å². The van der Waals surface area contributed by atoms with Crippen LogP contribution in [-0.4, -0.2) is 14.1 Å². The zero-order valence-electron chi connectivity index (χ0n) is 17.1. The second-order valence-corrected chi connectivity index (χ2v) is 8.10. The Labute approximate surface area is 187 Å². The monoisotopic (exact) mass is 449 g/mol. The van der Waals surface area contributed by atoms with E-state index in [1.807, 2.05) is 37.3 Å². The largest absolute Gasteiger partial charge is 0.330 e. The van der Waals surface area contributed by atoms with Gasteiger partial charge in [-0.15, -0.1) is 0 Å². The molecule has 2 heterocycles. The van der Waals surface area contributed by atoms with Crippen molar-refractivity contribution in [2.75, 3.05) is 0 Å². The van der Waals surface area contributed by atoms with E-state index in [1.54, 1.807) is 16.7 Å². The Morgan fingerprint density at radius 1 is 1.03 bits per heavy atom. The van der Waals surface area contributed by atoms with Gasteiger partial charge >= 0.3 is 0 Å². The minimum Gasteiger partial charge on any atom is -0.330 e. The van der Waals surface area contributed by atoms with Gasteiger partial charge in [-0.3, -0.25) is 9.36 Å². The van der Waals surface area contributed by atoms with Gasteiger partial charge in [0.25, 0.3) is 5.56 Å². The van der Waals surface area contributed by atoms with Crippen LogP contribution in [0.1, 0.15) is 24.1 Å². The predicted octanol–water partition coefficient (Wildman–Crippen LogP) is 5.94. The van der Waals surface area contributed by atoms with Crippen molar-refractivity contribution in [3.05, 3.63) is 111 Å². The molecule has 5 aromatic rings. The maximum absolute atomic E-state index is 14.6. The lowest BCUT2D eigenvalue weighted by Crippen LogP contribution is -2.26. The molecule has 160 valence electrons. The summed E-state index contributed by atoms with van der Waals surface area (Å²) in [5.74, 6) is -0.916. The first-order valence-corrected chi connectivity index (χ1v) is 10.5. The predicted molar refractivity (Wildman–Crippen MR) is 122 cm³/mol. The number of fused-ring (bicyclic) bond motifs is 3. The number of benzene rings is 3. The number of hydrogen-bond donors (Lipinski definition) is 0. The van der Waals surface area contributed by atoms with Crippen LogP contribution in [0.4, 0.5) is 8.78 Å². The molecule has 0 amide bonds. The van der Waals surface area contributed by atoms with Crippen molar-refractivity contribution in [2.45, 2.75) is 19.5 Å². The number of aromatic nitrogens is 3. The highest BCUT2D eigenvalue weighted by molar-refractivity contribution is 6.31. The molecule has 0 aliphatic heterocycles. The zero-order chi connectivity index (χ0) is 22.4. The Morgan fingerprint density at radius 3 is 2.56 bits per heavy atom. The minimum absolute atomic E-state index is 0.0117. The summed E-state index contributed by atoms with van der Waals surface area (Å²) >= 11 is 6.26. The smallest absolute Gasteiger partial charge is 0.278 e. The summed E-state index contributed by atoms with van der Waals surface area (Å²) in [7, 11) is 0. The van der Waals surface area contributed by atoms with Gasteiger partial charge in [0.2, 0.25) is 0 Å². The van der Waals surface area contributed by atoms with Gasteiger partial charge in [-0.25, -0.2) is 13.8 Å². The molecule has 0 spiro atoms. The van der Waals surface area contributed by atoms with E-state index in [9.17, 15) is 13.6 Å². The number of hydrogen-bond acceptors (Lipinski definition) is 2. The summed E-state index contributed by atoms with van der Waals surface area (Å²) < 4.78 is 31.8. The van der Waals surface area contributed by atoms with Gasteiger partial charge in [-0.2, -0.15) is 0 Å². The molecule has 1 atom stereocenters. The van der Waals surface area contributed by atoms with E-state index in [0.29, 0.717) is 16.4 Å². The molecule has 0 radical (unpaired) electrons. The number of halogens is 3. The summed E-state index contributed by atoms with van der Waals surface area (Å²) in [6, 6.07) is 18.0. The molecule has 2 aromatic heterocycles. The Bertz CT molecular complexity index is 1510. The van der Waals surface area contributed by atoms with Crippen LogP contribution in [0.5, 0.6) is 0 Å². The average Bonchev–Trinajstić information content (AvgIpc) is 3.10. The molecule has 0 fully saturated rings. The summed E-state index contributed by atoms with van der Waals surface area (Å²) in [6.07, 6.45) is 1.48. The molecule has 7 heteroatoms. The van der Waals surface area contributed by atoms with Crippen LogP contribution in [0.25, 0.3) is 21.9 Å². The first-order valence-electron chi connectivity index (χ1n) is 10.1. The van der Waals surface area contributed by atoms with Crippen LogP contribution in [0.15, 0.2) is 77.9 Å². The molecule has 3 aromatic carbocycles. The molecule has 0 unspecified atom stereocenters. The lowest BCUT2D eigenvalue weighted by atomic mass is 10.1. The molecule has 0 N–H and O–H groups in total. The molecular formula is C25H18ClF2N3O. The van der Waals surface area contributed by atoms with E-state index in [1.165, 1.54) is 35.2 Å². The first kappa shape index (κ1) is 20.4. The number of rotatable bonds is 4. The molecule has 0 saturated carbocycles. The van der Waals surface area contributed by atoms with Crippen molar-refractivity contribution >= 4 is 33.5 Å². The fourth-order valence-corrected chi connectivity index (χ4v) is 4.35. The topological polar surface area (TPSA) is 39.8 Å². The maximum atomic E-state index is 14.6. The minimum atomic E-state index is -0.475. The lowest BCUT2D eigenvalue weighted by Gasteiger charge is -2.16. The molecule has 4 nitrogen and oxygen atoms in total. The number of nitrogens with zero attached hydrogens (tertiary/aromatic N) is 3. The van der Waals surface area contributed by atoms with E-state index >= 15 is 0 Å². The average molecular weight is 450 g/mol. The van der Waals surface area contributed by atoms with Crippen LogP contribution in [0.2, 0.25) is 5.02 Å². The van der Waals surface area contributed by atoms with Crippen LogP contribution >= 0.6 is 11.6 Å². The molecule has 0 aliphatic carbocycles. The van der Waals surface area contributed by atoms with Crippen molar-refractivity contribution in [3.8, 4) is 0 Å². The quantitative estimate of drug-likeness (QED) is 0.340. The zero-order valence-corrected chi connectivity index (χ0v) is 17.9. The van der Waals surface area contributed by atoms with E-state index < -0.39 is 11.6 Å². The Morgan fingerprint density at radius 2 is 1.81 bits per heavy atom. The van der Waals surface area contributed by atoms with Crippen molar-refractivity contribution < 1.29 is 8.78 Å². The molecule has 32 heavy (non-hydrogen) atoms. The van der Waals surface area contributed by atoms with Crippen LogP contribution in [-0.2, 0) is 6.54 Å². The van der Waals surface area contributed by atoms with E-state index in [0.717, 1.165) is 5.56 Å². The second kappa shape index (κ2) is 7.88. The van der Waals surface area contributed by atoms with E-state index in [2.05, 4.69) is 4.98 Å². The SMILES string of the molecule is C[C@@H](c1ccccc1)n1cnc2c3cc(F)ccc3n(Cc3c(F)cccc3Cl)c2c1=O. The van der Waals surface area contributed by atoms with Crippen molar-refractivity contribution in [3.63, 3.8) is 0 Å². The fourth-order valence-electron chi connectivity index (χ4n) is 4.13. The summed E-state index contributed by atoms with van der Waals surface area (Å²) in [5, 5.41) is 0.744. The van der Waals surface area contributed by atoms with Crippen molar-refractivity contribution in [2.24, 2.45) is 0 Å². The molecule has 0 bridgehead atoms. The standard InChI is InChI=1S/C25H18ClF2N3O/c1-15(16-6-3-2-4-7-16)31-14-29-23-18-12-17(27)10-11-22(18)30(24(23)25(31)32)13-19-20(26)8-5-9-21(19)28/h2-12,14-15H,13H2,1H3/t15-/m0/s1. The fraction of sp³-hybridized carbons (Fsp3) is 0.120. The van der Waals surface area contributed by atoms with Crippen LogP contribution < -0.4 is 5.56 Å². The Kier molecular flexibility index (Phi) is 5.02. The van der Waals surface area contributed by atoms with Gasteiger partial charge in [0.15, 0.2) is 0 Å². The highest BCUT2D eigenvalue weighted by Crippen LogP contribution is 2.30. The van der Waals surface area contributed by atoms with Gasteiger partial charge < -0.3 is 4.57 Å². The normalized spacial score (nSPS) is 12.5. The maximum Gasteiger partial charge on any atom is 0.278 e. The molecule has 0 aliphatic rings. The van der Waals surface area contributed by atoms with Gasteiger partial charge in [0.1, 0.15) is 22.7 Å². The summed E-state index contributed by atoms with van der Waals surface area (Å²) in [6.45, 7) is 1.92. The molecule has 0 saturated heterocycles. The van der Waals surface area contributed by atoms with Crippen LogP contribution in [0.3, 0.4) is 0 Å². The highest BCUT2D eigenvalue weighted by atomic mass is 35.5. The van der Waals surface area contributed by atoms with Crippen molar-refractivity contribution in [1.82, 2.24) is 14.1 Å². The van der Waals surface area contributed by atoms with Gasteiger partial charge in [-0.05, 0) is 42.8 Å². The van der Waals surface area contributed by atoms with Gasteiger partial charge in [0.05, 0.1) is 24.4 Å².